The van der Waals surface area contributed by atoms with Gasteiger partial charge in [0.15, 0.2) is 5.15 Å². The number of pyridine rings is 1. The molecule has 0 aromatic carbocycles. The molecule has 3 N–H and O–H groups in total. The Hall–Kier alpha value is -0.800. The molecule has 0 spiro atoms. The molecule has 0 atom stereocenters. The van der Waals surface area contributed by atoms with Gasteiger partial charge in [-0.15, -0.1) is 0 Å². The first-order valence-corrected chi connectivity index (χ1v) is 2.79. The van der Waals surface area contributed by atoms with Gasteiger partial charge >= 0.3 is 0 Å². The summed E-state index contributed by atoms with van der Waals surface area (Å²) in [5.74, 6) is 5.08. The third kappa shape index (κ3) is 1.31. The molecule has 1 aromatic heterocycles. The maximum absolute atomic E-state index is 5.57. The Kier molecular flexibility index (Phi) is 1.87. The van der Waals surface area contributed by atoms with Gasteiger partial charge in [0.2, 0.25) is 0 Å². The molecule has 0 fully saturated rings. The summed E-state index contributed by atoms with van der Waals surface area (Å²) in [6.45, 7) is 0. The zero-order chi connectivity index (χ0) is 6.69. The molecule has 4 heteroatoms. The Morgan fingerprint density at radius 2 is 2.44 bits per heavy atom. The van der Waals surface area contributed by atoms with Gasteiger partial charge in [-0.25, -0.2) is 4.98 Å². The Morgan fingerprint density at radius 1 is 1.67 bits per heavy atom. The number of halogens is 1. The van der Waals surface area contributed by atoms with Gasteiger partial charge in [0.1, 0.15) is 0 Å². The summed E-state index contributed by atoms with van der Waals surface area (Å²) < 4.78 is 0. The van der Waals surface area contributed by atoms with Crippen molar-refractivity contribution < 1.29 is 0 Å². The molecular formula is C5H6ClN3. The molecule has 0 aliphatic rings. The molecule has 0 saturated heterocycles. The van der Waals surface area contributed by atoms with E-state index in [2.05, 4.69) is 10.4 Å². The van der Waals surface area contributed by atoms with E-state index in [1.165, 1.54) is 0 Å². The third-order valence-electron chi connectivity index (χ3n) is 0.915. The summed E-state index contributed by atoms with van der Waals surface area (Å²) >= 11 is 5.57. The van der Waals surface area contributed by atoms with Gasteiger partial charge in [0, 0.05) is 6.20 Å². The zero-order valence-electron chi connectivity index (χ0n) is 4.63. The van der Waals surface area contributed by atoms with E-state index in [0.29, 0.717) is 10.8 Å². The van der Waals surface area contributed by atoms with Gasteiger partial charge in [-0.05, 0) is 12.1 Å². The highest BCUT2D eigenvalue weighted by Crippen LogP contribution is 2.14. The van der Waals surface area contributed by atoms with Crippen molar-refractivity contribution >= 4 is 17.3 Å². The van der Waals surface area contributed by atoms with Crippen molar-refractivity contribution in [3.05, 3.63) is 23.5 Å². The van der Waals surface area contributed by atoms with Crippen LogP contribution >= 0.6 is 11.6 Å². The van der Waals surface area contributed by atoms with Crippen LogP contribution in [-0.2, 0) is 0 Å². The first-order valence-electron chi connectivity index (χ1n) is 2.41. The van der Waals surface area contributed by atoms with E-state index in [0.717, 1.165) is 0 Å². The minimum Gasteiger partial charge on any atom is -0.321 e. The van der Waals surface area contributed by atoms with Crippen LogP contribution in [0.3, 0.4) is 0 Å². The lowest BCUT2D eigenvalue weighted by molar-refractivity contribution is 1.27. The van der Waals surface area contributed by atoms with Gasteiger partial charge < -0.3 is 5.43 Å². The number of nitrogen functional groups attached to an aromatic ring is 1. The number of nitrogens with two attached hydrogens (primary N) is 1. The van der Waals surface area contributed by atoms with Crippen molar-refractivity contribution in [1.29, 1.82) is 0 Å². The minimum atomic E-state index is 0.389. The Morgan fingerprint density at radius 3 is 2.89 bits per heavy atom. The molecule has 0 aliphatic heterocycles. The zero-order valence-corrected chi connectivity index (χ0v) is 5.39. The number of rotatable bonds is 1. The normalized spacial score (nSPS) is 9.11. The molecule has 48 valence electrons. The van der Waals surface area contributed by atoms with E-state index in [9.17, 15) is 0 Å². The maximum atomic E-state index is 5.57. The maximum Gasteiger partial charge on any atom is 0.153 e. The van der Waals surface area contributed by atoms with E-state index in [-0.39, 0.29) is 0 Å². The fourth-order valence-corrected chi connectivity index (χ4v) is 0.668. The summed E-state index contributed by atoms with van der Waals surface area (Å²) in [7, 11) is 0. The molecular weight excluding hydrogens is 138 g/mol. The van der Waals surface area contributed by atoms with E-state index >= 15 is 0 Å². The molecule has 0 unspecified atom stereocenters. The molecule has 0 radical (unpaired) electrons. The monoisotopic (exact) mass is 143 g/mol. The number of hydrogen-bond donors (Lipinski definition) is 2. The molecule has 0 saturated carbocycles. The summed E-state index contributed by atoms with van der Waals surface area (Å²) in [5.41, 5.74) is 3.04. The predicted octanol–water partition coefficient (Wildman–Crippen LogP) is 1.02. The average molecular weight is 144 g/mol. The lowest BCUT2D eigenvalue weighted by Crippen LogP contribution is -2.07. The quantitative estimate of drug-likeness (QED) is 0.351. The van der Waals surface area contributed by atoms with E-state index < -0.39 is 0 Å². The number of hydrogen-bond acceptors (Lipinski definition) is 3. The second-order valence-corrected chi connectivity index (χ2v) is 1.84. The largest absolute Gasteiger partial charge is 0.321 e. The van der Waals surface area contributed by atoms with Crippen LogP contribution < -0.4 is 11.3 Å². The fourth-order valence-electron chi connectivity index (χ4n) is 0.494. The first kappa shape index (κ1) is 6.32. The number of aromatic nitrogens is 1. The minimum absolute atomic E-state index is 0.389. The molecule has 0 aliphatic carbocycles. The lowest BCUT2D eigenvalue weighted by atomic mass is 10.4. The predicted molar refractivity (Wildman–Crippen MR) is 37.1 cm³/mol. The second-order valence-electron chi connectivity index (χ2n) is 1.49. The standard InChI is InChI=1S/C5H6ClN3/c6-5-4(9-7)2-1-3-8-5/h1-3,9H,7H2. The van der Waals surface area contributed by atoms with Crippen molar-refractivity contribution in [3.63, 3.8) is 0 Å². The van der Waals surface area contributed by atoms with Crippen LogP contribution in [0.15, 0.2) is 18.3 Å². The third-order valence-corrected chi connectivity index (χ3v) is 1.22. The molecule has 1 rings (SSSR count). The first-order chi connectivity index (χ1) is 4.34. The highest BCUT2D eigenvalue weighted by molar-refractivity contribution is 6.31. The SMILES string of the molecule is NNc1cccnc1Cl. The topological polar surface area (TPSA) is 50.9 Å². The smallest absolute Gasteiger partial charge is 0.153 e. The average Bonchev–Trinajstić information content (AvgIpc) is 1.89. The van der Waals surface area contributed by atoms with Crippen LogP contribution in [0.5, 0.6) is 0 Å². The van der Waals surface area contributed by atoms with Crippen LogP contribution in [-0.4, -0.2) is 4.98 Å². The molecule has 3 nitrogen and oxygen atoms in total. The highest BCUT2D eigenvalue weighted by Gasteiger charge is 1.93. The van der Waals surface area contributed by atoms with E-state index in [1.807, 2.05) is 0 Å². The molecule has 1 aromatic rings. The van der Waals surface area contributed by atoms with Crippen molar-refractivity contribution in [2.24, 2.45) is 5.84 Å². The van der Waals surface area contributed by atoms with Crippen molar-refractivity contribution in [3.8, 4) is 0 Å². The fraction of sp³-hybridized carbons (Fsp3) is 0. The van der Waals surface area contributed by atoms with Crippen LogP contribution in [0.1, 0.15) is 0 Å². The van der Waals surface area contributed by atoms with Gasteiger partial charge in [-0.3, -0.25) is 5.84 Å². The van der Waals surface area contributed by atoms with Crippen LogP contribution in [0.2, 0.25) is 5.15 Å². The highest BCUT2D eigenvalue weighted by atomic mass is 35.5. The summed E-state index contributed by atoms with van der Waals surface area (Å²) in [6.07, 6.45) is 1.60. The van der Waals surface area contributed by atoms with Gasteiger partial charge in [-0.1, -0.05) is 11.6 Å². The molecule has 1 heterocycles. The van der Waals surface area contributed by atoms with Crippen molar-refractivity contribution in [1.82, 2.24) is 4.98 Å². The second kappa shape index (κ2) is 2.66. The van der Waals surface area contributed by atoms with Crippen LogP contribution in [0, 0.1) is 0 Å². The van der Waals surface area contributed by atoms with Crippen molar-refractivity contribution in [2.45, 2.75) is 0 Å². The summed E-state index contributed by atoms with van der Waals surface area (Å²) in [4.78, 5) is 3.77. The number of nitrogens with zero attached hydrogens (tertiary/aromatic N) is 1. The van der Waals surface area contributed by atoms with Crippen LogP contribution in [0.4, 0.5) is 5.69 Å². The van der Waals surface area contributed by atoms with Crippen LogP contribution in [0.25, 0.3) is 0 Å². The Balaban J connectivity index is 3.01. The lowest BCUT2D eigenvalue weighted by Gasteiger charge is -1.98. The summed E-state index contributed by atoms with van der Waals surface area (Å²) in [5, 5.41) is 0.389. The Labute approximate surface area is 57.8 Å². The summed E-state index contributed by atoms with van der Waals surface area (Å²) in [6, 6.07) is 3.50. The van der Waals surface area contributed by atoms with Crippen molar-refractivity contribution in [2.75, 3.05) is 5.43 Å². The molecule has 9 heavy (non-hydrogen) atoms. The van der Waals surface area contributed by atoms with E-state index in [1.54, 1.807) is 18.3 Å². The number of hydrazine groups is 1. The molecule has 0 amide bonds. The number of anilines is 1. The van der Waals surface area contributed by atoms with Gasteiger partial charge in [0.05, 0.1) is 5.69 Å². The molecule has 0 bridgehead atoms. The Bertz CT molecular complexity index is 201. The number of nitrogens with one attached hydrogen (secondary N) is 1. The van der Waals surface area contributed by atoms with Gasteiger partial charge in [0.25, 0.3) is 0 Å². The van der Waals surface area contributed by atoms with E-state index in [4.69, 9.17) is 17.4 Å². The van der Waals surface area contributed by atoms with Gasteiger partial charge in [-0.2, -0.15) is 0 Å².